The molecule has 2 amide bonds. The van der Waals surface area contributed by atoms with Crippen LogP contribution in [0.3, 0.4) is 0 Å². The molecule has 0 bridgehead atoms. The minimum atomic E-state index is -0.120. The molecule has 0 aliphatic carbocycles. The second-order valence-electron chi connectivity index (χ2n) is 7.37. The van der Waals surface area contributed by atoms with Crippen molar-refractivity contribution in [3.05, 3.63) is 53.6 Å². The van der Waals surface area contributed by atoms with Gasteiger partial charge in [0.25, 0.3) is 0 Å². The van der Waals surface area contributed by atoms with E-state index in [1.807, 2.05) is 36.1 Å². The highest BCUT2D eigenvalue weighted by molar-refractivity contribution is 5.94. The van der Waals surface area contributed by atoms with Crippen LogP contribution < -0.4 is 14.8 Å². The van der Waals surface area contributed by atoms with Gasteiger partial charge in [-0.3, -0.25) is 9.59 Å². The van der Waals surface area contributed by atoms with Crippen molar-refractivity contribution in [2.24, 2.45) is 5.92 Å². The van der Waals surface area contributed by atoms with Gasteiger partial charge in [0.05, 0.1) is 26.3 Å². The lowest BCUT2D eigenvalue weighted by molar-refractivity contribution is -0.133. The van der Waals surface area contributed by atoms with Crippen LogP contribution in [-0.4, -0.2) is 44.0 Å². The molecule has 0 unspecified atom stereocenters. The van der Waals surface area contributed by atoms with Crippen molar-refractivity contribution < 1.29 is 19.1 Å². The molecule has 0 aromatic heterocycles. The smallest absolute Gasteiger partial charge is 0.227 e. The number of anilines is 1. The lowest BCUT2D eigenvalue weighted by Crippen LogP contribution is -2.42. The first kappa shape index (κ1) is 20.7. The van der Waals surface area contributed by atoms with Crippen LogP contribution in [0, 0.1) is 12.8 Å². The summed E-state index contributed by atoms with van der Waals surface area (Å²) in [5, 5.41) is 2.95. The Balaban J connectivity index is 1.53. The van der Waals surface area contributed by atoms with Crippen molar-refractivity contribution >= 4 is 17.5 Å². The number of piperidine rings is 1. The molecule has 2 aromatic rings. The summed E-state index contributed by atoms with van der Waals surface area (Å²) >= 11 is 0. The molecule has 1 saturated heterocycles. The van der Waals surface area contributed by atoms with E-state index in [2.05, 4.69) is 5.32 Å². The number of nitrogens with zero attached hydrogens (tertiary/aromatic N) is 1. The Morgan fingerprint density at radius 2 is 1.72 bits per heavy atom. The first-order valence-corrected chi connectivity index (χ1v) is 9.86. The number of hydrogen-bond donors (Lipinski definition) is 1. The van der Waals surface area contributed by atoms with E-state index in [1.54, 1.807) is 32.4 Å². The number of carbonyl (C=O) groups excluding carboxylic acids is 2. The van der Waals surface area contributed by atoms with Crippen molar-refractivity contribution in [3.63, 3.8) is 0 Å². The molecule has 2 aromatic carbocycles. The normalized spacial score (nSPS) is 14.4. The first-order valence-electron chi connectivity index (χ1n) is 9.86. The maximum Gasteiger partial charge on any atom is 0.227 e. The molecule has 29 heavy (non-hydrogen) atoms. The standard InChI is InChI=1S/C23H28N2O4/c1-16-4-6-17(7-5-16)14-22(26)25-12-10-18(11-13-25)23(27)24-20-9-8-19(28-2)15-21(20)29-3/h4-9,15,18H,10-14H2,1-3H3,(H,24,27). The van der Waals surface area contributed by atoms with Crippen molar-refractivity contribution in [2.75, 3.05) is 32.6 Å². The average molecular weight is 396 g/mol. The topological polar surface area (TPSA) is 67.9 Å². The number of likely N-dealkylation sites (tertiary alicyclic amines) is 1. The zero-order valence-electron chi connectivity index (χ0n) is 17.2. The van der Waals surface area contributed by atoms with Crippen LogP contribution in [0.4, 0.5) is 5.69 Å². The summed E-state index contributed by atoms with van der Waals surface area (Å²) in [5.41, 5.74) is 2.82. The number of carbonyl (C=O) groups is 2. The molecule has 6 heteroatoms. The van der Waals surface area contributed by atoms with Crippen molar-refractivity contribution in [2.45, 2.75) is 26.2 Å². The third-order valence-corrected chi connectivity index (χ3v) is 5.36. The predicted octanol–water partition coefficient (Wildman–Crippen LogP) is 3.43. The Morgan fingerprint density at radius 3 is 2.34 bits per heavy atom. The number of nitrogens with one attached hydrogen (secondary N) is 1. The van der Waals surface area contributed by atoms with Gasteiger partial charge in [-0.2, -0.15) is 0 Å². The zero-order valence-corrected chi connectivity index (χ0v) is 17.2. The molecule has 1 N–H and O–H groups in total. The number of hydrogen-bond acceptors (Lipinski definition) is 4. The molecule has 1 fully saturated rings. The van der Waals surface area contributed by atoms with Crippen LogP contribution in [-0.2, 0) is 16.0 Å². The number of methoxy groups -OCH3 is 2. The van der Waals surface area contributed by atoms with Gasteiger partial charge < -0.3 is 19.7 Å². The molecular weight excluding hydrogens is 368 g/mol. The van der Waals surface area contributed by atoms with Gasteiger partial charge >= 0.3 is 0 Å². The Morgan fingerprint density at radius 1 is 1.03 bits per heavy atom. The minimum absolute atomic E-state index is 0.0425. The van der Waals surface area contributed by atoms with E-state index in [-0.39, 0.29) is 17.7 Å². The van der Waals surface area contributed by atoms with Crippen LogP contribution in [0.5, 0.6) is 11.5 Å². The van der Waals surface area contributed by atoms with Gasteiger partial charge in [-0.15, -0.1) is 0 Å². The molecule has 1 heterocycles. The second kappa shape index (κ2) is 9.45. The summed E-state index contributed by atoms with van der Waals surface area (Å²) in [6.07, 6.45) is 1.72. The van der Waals surface area contributed by atoms with E-state index >= 15 is 0 Å². The van der Waals surface area contributed by atoms with Gasteiger partial charge in [0, 0.05) is 25.1 Å². The molecule has 154 valence electrons. The fraction of sp³-hybridized carbons (Fsp3) is 0.391. The SMILES string of the molecule is COc1ccc(NC(=O)C2CCN(C(=O)Cc3ccc(C)cc3)CC2)c(OC)c1. The Labute approximate surface area is 171 Å². The summed E-state index contributed by atoms with van der Waals surface area (Å²) in [6, 6.07) is 13.3. The number of amides is 2. The van der Waals surface area contributed by atoms with E-state index < -0.39 is 0 Å². The largest absolute Gasteiger partial charge is 0.497 e. The minimum Gasteiger partial charge on any atom is -0.497 e. The first-order chi connectivity index (χ1) is 14.0. The van der Waals surface area contributed by atoms with E-state index in [0.29, 0.717) is 49.5 Å². The third-order valence-electron chi connectivity index (χ3n) is 5.36. The molecule has 0 saturated carbocycles. The van der Waals surface area contributed by atoms with Crippen molar-refractivity contribution in [3.8, 4) is 11.5 Å². The Hall–Kier alpha value is -3.02. The highest BCUT2D eigenvalue weighted by atomic mass is 16.5. The summed E-state index contributed by atoms with van der Waals surface area (Å²) in [4.78, 5) is 27.1. The average Bonchev–Trinajstić information content (AvgIpc) is 2.75. The summed E-state index contributed by atoms with van der Waals surface area (Å²) in [6.45, 7) is 3.23. The molecule has 3 rings (SSSR count). The van der Waals surface area contributed by atoms with Gasteiger partial charge in [0.15, 0.2) is 0 Å². The molecule has 1 aliphatic heterocycles. The van der Waals surface area contributed by atoms with Crippen LogP contribution in [0.2, 0.25) is 0 Å². The highest BCUT2D eigenvalue weighted by Gasteiger charge is 2.27. The van der Waals surface area contributed by atoms with Crippen molar-refractivity contribution in [1.29, 1.82) is 0 Å². The van der Waals surface area contributed by atoms with Gasteiger partial charge in [0.1, 0.15) is 11.5 Å². The van der Waals surface area contributed by atoms with Crippen LogP contribution >= 0.6 is 0 Å². The number of ether oxygens (including phenoxy) is 2. The lowest BCUT2D eigenvalue weighted by Gasteiger charge is -2.31. The van der Waals surface area contributed by atoms with Gasteiger partial charge in [-0.1, -0.05) is 29.8 Å². The highest BCUT2D eigenvalue weighted by Crippen LogP contribution is 2.30. The molecular formula is C23H28N2O4. The van der Waals surface area contributed by atoms with Crippen LogP contribution in [0.25, 0.3) is 0 Å². The lowest BCUT2D eigenvalue weighted by atomic mass is 9.95. The molecule has 0 atom stereocenters. The molecule has 1 aliphatic rings. The summed E-state index contributed by atoms with van der Waals surface area (Å²) < 4.78 is 10.5. The predicted molar refractivity (Wildman–Crippen MR) is 112 cm³/mol. The van der Waals surface area contributed by atoms with Crippen molar-refractivity contribution in [1.82, 2.24) is 4.90 Å². The number of aryl methyl sites for hydroxylation is 1. The van der Waals surface area contributed by atoms with E-state index in [1.165, 1.54) is 5.56 Å². The maximum absolute atomic E-state index is 12.7. The van der Waals surface area contributed by atoms with E-state index in [4.69, 9.17) is 9.47 Å². The Bertz CT molecular complexity index is 856. The molecule has 6 nitrogen and oxygen atoms in total. The van der Waals surface area contributed by atoms with Gasteiger partial charge in [-0.25, -0.2) is 0 Å². The van der Waals surface area contributed by atoms with E-state index in [9.17, 15) is 9.59 Å². The summed E-state index contributed by atoms with van der Waals surface area (Å²) in [5.74, 6) is 1.18. The second-order valence-corrected chi connectivity index (χ2v) is 7.37. The number of benzene rings is 2. The quantitative estimate of drug-likeness (QED) is 0.812. The molecule has 0 spiro atoms. The Kier molecular flexibility index (Phi) is 6.75. The third kappa shape index (κ3) is 5.28. The van der Waals surface area contributed by atoms with Crippen LogP contribution in [0.15, 0.2) is 42.5 Å². The zero-order chi connectivity index (χ0) is 20.8. The fourth-order valence-corrected chi connectivity index (χ4v) is 3.52. The molecule has 0 radical (unpaired) electrons. The maximum atomic E-state index is 12.7. The monoisotopic (exact) mass is 396 g/mol. The summed E-state index contributed by atoms with van der Waals surface area (Å²) in [7, 11) is 3.14. The van der Waals surface area contributed by atoms with Gasteiger partial charge in [-0.05, 0) is 37.5 Å². The van der Waals surface area contributed by atoms with Crippen LogP contribution in [0.1, 0.15) is 24.0 Å². The number of rotatable bonds is 6. The van der Waals surface area contributed by atoms with E-state index in [0.717, 1.165) is 5.56 Å². The van der Waals surface area contributed by atoms with Gasteiger partial charge in [0.2, 0.25) is 11.8 Å². The fourth-order valence-electron chi connectivity index (χ4n) is 3.52.